The van der Waals surface area contributed by atoms with E-state index >= 15 is 0 Å². The number of ether oxygens (including phenoxy) is 1. The molecule has 0 unspecified atom stereocenters. The Morgan fingerprint density at radius 1 is 1.64 bits per heavy atom. The van der Waals surface area contributed by atoms with Crippen molar-refractivity contribution in [1.29, 1.82) is 5.39 Å². The van der Waals surface area contributed by atoms with Crippen LogP contribution in [-0.4, -0.2) is 11.7 Å². The molecule has 0 aromatic heterocycles. The van der Waals surface area contributed by atoms with Crippen LogP contribution in [0, 0.1) is 5.39 Å². The van der Waals surface area contributed by atoms with Gasteiger partial charge in [0.05, 0.1) is 0 Å². The molecule has 0 heterocycles. The van der Waals surface area contributed by atoms with E-state index in [1.165, 1.54) is 0 Å². The summed E-state index contributed by atoms with van der Waals surface area (Å²) in [6, 6.07) is 0. The first kappa shape index (κ1) is 9.50. The van der Waals surface area contributed by atoms with Crippen LogP contribution in [0.4, 0.5) is 0 Å². The lowest BCUT2D eigenvalue weighted by atomic mass is 10.3. The standard InChI is InChI=1S/C7H10N2O2/c1-6(2)3-4-11-7(10)5-9-8/h3,5H,4H2,1-2H3/p+1/b7-5+. The van der Waals surface area contributed by atoms with Gasteiger partial charge in [0.15, 0.2) is 4.98 Å². The number of hydrogen-bond acceptors (Lipinski definition) is 3. The molecule has 0 spiro atoms. The Hall–Kier alpha value is -1.50. The Labute approximate surface area is 65.4 Å². The molecule has 0 amide bonds. The Kier molecular flexibility index (Phi) is 4.58. The van der Waals surface area contributed by atoms with Crippen LogP contribution in [-0.2, 0) is 4.74 Å². The van der Waals surface area contributed by atoms with Crippen molar-refractivity contribution >= 4 is 0 Å². The van der Waals surface area contributed by atoms with Crippen molar-refractivity contribution in [3.63, 3.8) is 0 Å². The van der Waals surface area contributed by atoms with Crippen molar-refractivity contribution in [1.82, 2.24) is 0 Å². The number of nitrogens with zero attached hydrogens (tertiary/aromatic N) is 2. The second kappa shape index (κ2) is 5.30. The molecule has 0 rings (SSSR count). The smallest absolute Gasteiger partial charge is 0.429 e. The molecule has 0 bridgehead atoms. The molecule has 11 heavy (non-hydrogen) atoms. The molecule has 0 atom stereocenters. The second-order valence-electron chi connectivity index (χ2n) is 2.18. The van der Waals surface area contributed by atoms with Crippen LogP contribution < -0.4 is 0 Å². The van der Waals surface area contributed by atoms with E-state index in [2.05, 4.69) is 9.71 Å². The number of allylic oxidation sites excluding steroid dienone is 1. The molecule has 0 radical (unpaired) electrons. The monoisotopic (exact) mass is 155 g/mol. The van der Waals surface area contributed by atoms with E-state index in [-0.39, 0.29) is 6.61 Å². The van der Waals surface area contributed by atoms with Crippen molar-refractivity contribution < 1.29 is 9.84 Å². The molecule has 4 nitrogen and oxygen atoms in total. The van der Waals surface area contributed by atoms with E-state index in [9.17, 15) is 0 Å². The lowest BCUT2D eigenvalue weighted by Gasteiger charge is -1.95. The summed E-state index contributed by atoms with van der Waals surface area (Å²) in [6.07, 6.45) is 2.61. The highest BCUT2D eigenvalue weighted by Gasteiger charge is 1.97. The summed E-state index contributed by atoms with van der Waals surface area (Å²) in [6.45, 7) is 4.11. The van der Waals surface area contributed by atoms with E-state index in [0.717, 1.165) is 11.8 Å². The van der Waals surface area contributed by atoms with Gasteiger partial charge >= 0.3 is 12.1 Å². The Bertz CT molecular complexity index is 209. The van der Waals surface area contributed by atoms with Crippen molar-refractivity contribution in [3.05, 3.63) is 28.8 Å². The highest BCUT2D eigenvalue weighted by molar-refractivity contribution is 4.94. The molecular weight excluding hydrogens is 144 g/mol. The lowest BCUT2D eigenvalue weighted by Crippen LogP contribution is -1.90. The first-order valence-corrected chi connectivity index (χ1v) is 3.16. The van der Waals surface area contributed by atoms with Gasteiger partial charge in [0.25, 0.3) is 0 Å². The molecule has 4 heteroatoms. The maximum Gasteiger partial charge on any atom is 0.429 e. The van der Waals surface area contributed by atoms with Gasteiger partial charge in [-0.1, -0.05) is 5.57 Å². The maximum absolute atomic E-state index is 8.72. The van der Waals surface area contributed by atoms with Crippen molar-refractivity contribution in [2.75, 3.05) is 6.61 Å². The van der Waals surface area contributed by atoms with Gasteiger partial charge < -0.3 is 9.84 Å². The van der Waals surface area contributed by atoms with Crippen LogP contribution in [0.3, 0.4) is 0 Å². The summed E-state index contributed by atoms with van der Waals surface area (Å²) < 4.78 is 4.68. The van der Waals surface area contributed by atoms with Crippen LogP contribution >= 0.6 is 0 Å². The molecule has 1 N–H and O–H groups in total. The Morgan fingerprint density at radius 3 is 2.73 bits per heavy atom. The number of aliphatic hydroxyl groups is 1. The molecule has 60 valence electrons. The third kappa shape index (κ3) is 6.38. The summed E-state index contributed by atoms with van der Waals surface area (Å²) in [5, 5.41) is 16.7. The van der Waals surface area contributed by atoms with Gasteiger partial charge in [-0.2, -0.15) is 0 Å². The van der Waals surface area contributed by atoms with E-state index in [1.54, 1.807) is 6.08 Å². The largest absolute Gasteiger partial charge is 0.476 e. The topological polar surface area (TPSA) is 57.6 Å². The van der Waals surface area contributed by atoms with Crippen LogP contribution in [0.25, 0.3) is 4.98 Å². The summed E-state index contributed by atoms with van der Waals surface area (Å²) in [7, 11) is 0. The summed E-state index contributed by atoms with van der Waals surface area (Å²) >= 11 is 0. The van der Waals surface area contributed by atoms with E-state index in [1.807, 2.05) is 13.8 Å². The Morgan fingerprint density at radius 2 is 2.27 bits per heavy atom. The Balaban J connectivity index is 3.65. The highest BCUT2D eigenvalue weighted by Crippen LogP contribution is 1.94. The number of diazo groups is 1. The fourth-order valence-electron chi connectivity index (χ4n) is 0.380. The predicted molar refractivity (Wildman–Crippen MR) is 41.2 cm³/mol. The minimum atomic E-state index is -0.398. The first-order chi connectivity index (χ1) is 5.16. The predicted octanol–water partition coefficient (Wildman–Crippen LogP) is 2.18. The van der Waals surface area contributed by atoms with Gasteiger partial charge in [0.1, 0.15) is 6.61 Å². The fraction of sp³-hybridized carbons (Fsp3) is 0.429. The van der Waals surface area contributed by atoms with Crippen molar-refractivity contribution in [2.45, 2.75) is 13.8 Å². The molecule has 0 saturated heterocycles. The first-order valence-electron chi connectivity index (χ1n) is 3.16. The van der Waals surface area contributed by atoms with Gasteiger partial charge in [0, 0.05) is 0 Å². The van der Waals surface area contributed by atoms with E-state index in [4.69, 9.17) is 10.5 Å². The highest BCUT2D eigenvalue weighted by atomic mass is 16.6. The third-order valence-electron chi connectivity index (χ3n) is 0.891. The lowest BCUT2D eigenvalue weighted by molar-refractivity contribution is 0.112. The van der Waals surface area contributed by atoms with Crippen LogP contribution in [0.5, 0.6) is 0 Å². The van der Waals surface area contributed by atoms with Gasteiger partial charge in [-0.3, -0.25) is 0 Å². The summed E-state index contributed by atoms with van der Waals surface area (Å²) in [5.74, 6) is -0.398. The molecule has 0 aromatic rings. The second-order valence-corrected chi connectivity index (χ2v) is 2.18. The van der Waals surface area contributed by atoms with E-state index in [0.29, 0.717) is 0 Å². The zero-order valence-corrected chi connectivity index (χ0v) is 6.61. The molecule has 0 saturated carbocycles. The number of aliphatic hydroxyl groups excluding tert-OH is 1. The van der Waals surface area contributed by atoms with Gasteiger partial charge in [-0.05, 0) is 19.9 Å². The quantitative estimate of drug-likeness (QED) is 0.386. The van der Waals surface area contributed by atoms with Gasteiger partial charge in [-0.15, -0.1) is 0 Å². The minimum Gasteiger partial charge on any atom is -0.476 e. The molecule has 0 aliphatic rings. The average Bonchev–Trinajstić information content (AvgIpc) is 1.87. The van der Waals surface area contributed by atoms with Crippen LogP contribution in [0.15, 0.2) is 23.8 Å². The van der Waals surface area contributed by atoms with Crippen molar-refractivity contribution in [3.8, 4) is 0 Å². The van der Waals surface area contributed by atoms with Crippen molar-refractivity contribution in [2.24, 2.45) is 0 Å². The SMILES string of the molecule is CC(C)=CCO/C(O)=C/[N+]#N. The normalized spacial score (nSPS) is 10.1. The maximum atomic E-state index is 8.72. The summed E-state index contributed by atoms with van der Waals surface area (Å²) in [4.78, 5) is 2.58. The molecule has 0 aliphatic carbocycles. The molecule has 0 fully saturated rings. The van der Waals surface area contributed by atoms with Crippen LogP contribution in [0.1, 0.15) is 13.8 Å². The third-order valence-corrected chi connectivity index (χ3v) is 0.891. The molecular formula is C7H11N2O2+. The van der Waals surface area contributed by atoms with Gasteiger partial charge in [0.2, 0.25) is 5.39 Å². The van der Waals surface area contributed by atoms with E-state index < -0.39 is 5.95 Å². The number of rotatable bonds is 3. The molecule has 0 aliphatic heterocycles. The van der Waals surface area contributed by atoms with Gasteiger partial charge in [-0.25, -0.2) is 0 Å². The van der Waals surface area contributed by atoms with Crippen LogP contribution in [0.2, 0.25) is 0 Å². The fourth-order valence-corrected chi connectivity index (χ4v) is 0.380. The average molecular weight is 155 g/mol. The molecule has 0 aromatic carbocycles. The summed E-state index contributed by atoms with van der Waals surface area (Å²) in [5.41, 5.74) is 1.10. The zero-order valence-electron chi connectivity index (χ0n) is 6.61. The number of hydrogen-bond donors (Lipinski definition) is 1. The minimum absolute atomic E-state index is 0.278. The zero-order chi connectivity index (χ0) is 8.69.